The first-order valence-corrected chi connectivity index (χ1v) is 9.70. The van der Waals surface area contributed by atoms with Crippen molar-refractivity contribution in [1.29, 1.82) is 0 Å². The molecule has 134 valence electrons. The van der Waals surface area contributed by atoms with E-state index in [1.807, 2.05) is 0 Å². The van der Waals surface area contributed by atoms with Crippen molar-refractivity contribution >= 4 is 21.6 Å². The highest BCUT2D eigenvalue weighted by molar-refractivity contribution is 7.92. The molecule has 1 aliphatic heterocycles. The Balaban J connectivity index is 2.12. The van der Waals surface area contributed by atoms with E-state index in [9.17, 15) is 13.2 Å². The molecule has 0 spiro atoms. The molecule has 2 rings (SSSR count). The third-order valence-electron chi connectivity index (χ3n) is 3.94. The predicted octanol–water partition coefficient (Wildman–Crippen LogP) is 1.14. The molecule has 1 saturated heterocycles. The van der Waals surface area contributed by atoms with Crippen molar-refractivity contribution in [3.63, 3.8) is 0 Å². The van der Waals surface area contributed by atoms with Gasteiger partial charge in [0, 0.05) is 13.2 Å². The number of hydrogen-bond donors (Lipinski definition) is 1. The first-order valence-electron chi connectivity index (χ1n) is 7.85. The summed E-state index contributed by atoms with van der Waals surface area (Å²) in [6, 6.07) is 5.68. The molecular weight excluding hydrogens is 332 g/mol. The Labute approximate surface area is 143 Å². The fraction of sp³-hybridized carbons (Fsp3) is 0.562. The highest BCUT2D eigenvalue weighted by Gasteiger charge is 2.29. The quantitative estimate of drug-likeness (QED) is 0.792. The van der Waals surface area contributed by atoms with E-state index in [1.165, 1.54) is 7.11 Å². The highest BCUT2D eigenvalue weighted by Crippen LogP contribution is 2.23. The van der Waals surface area contributed by atoms with E-state index in [-0.39, 0.29) is 12.0 Å². The van der Waals surface area contributed by atoms with Gasteiger partial charge < -0.3 is 14.8 Å². The molecule has 0 radical (unpaired) electrons. The summed E-state index contributed by atoms with van der Waals surface area (Å²) in [6.45, 7) is 2.66. The van der Waals surface area contributed by atoms with E-state index >= 15 is 0 Å². The maximum absolute atomic E-state index is 12.4. The molecule has 1 aliphatic rings. The fourth-order valence-electron chi connectivity index (χ4n) is 2.71. The predicted molar refractivity (Wildman–Crippen MR) is 91.8 cm³/mol. The molecule has 1 heterocycles. The molecule has 2 atom stereocenters. The van der Waals surface area contributed by atoms with Gasteiger partial charge in [0.15, 0.2) is 0 Å². The number of carbonyl (C=O) groups excluding carboxylic acids is 1. The average Bonchev–Trinajstić information content (AvgIpc) is 3.05. The zero-order chi connectivity index (χ0) is 17.7. The number of hydrogen-bond acceptors (Lipinski definition) is 5. The van der Waals surface area contributed by atoms with Gasteiger partial charge in [-0.15, -0.1) is 0 Å². The smallest absolute Gasteiger partial charge is 0.243 e. The summed E-state index contributed by atoms with van der Waals surface area (Å²) in [5.41, 5.74) is 0.415. The molecule has 1 amide bonds. The van der Waals surface area contributed by atoms with E-state index in [4.69, 9.17) is 9.47 Å². The number of nitrogens with zero attached hydrogens (tertiary/aromatic N) is 1. The second kappa shape index (κ2) is 7.85. The third-order valence-corrected chi connectivity index (χ3v) is 5.19. The Hall–Kier alpha value is -1.80. The van der Waals surface area contributed by atoms with Crippen molar-refractivity contribution in [3.8, 4) is 5.75 Å². The Kier molecular flexibility index (Phi) is 6.06. The number of sulfonamides is 1. The van der Waals surface area contributed by atoms with Gasteiger partial charge in [-0.2, -0.15) is 0 Å². The minimum absolute atomic E-state index is 0.00817. The van der Waals surface area contributed by atoms with Gasteiger partial charge in [0.2, 0.25) is 15.9 Å². The summed E-state index contributed by atoms with van der Waals surface area (Å²) in [4.78, 5) is 12.4. The molecule has 0 aromatic heterocycles. The minimum Gasteiger partial charge on any atom is -0.497 e. The molecule has 1 N–H and O–H groups in total. The van der Waals surface area contributed by atoms with Crippen LogP contribution in [0.4, 0.5) is 5.69 Å². The Bertz CT molecular complexity index is 654. The molecule has 0 aliphatic carbocycles. The largest absolute Gasteiger partial charge is 0.497 e. The van der Waals surface area contributed by atoms with Gasteiger partial charge in [0.25, 0.3) is 0 Å². The summed E-state index contributed by atoms with van der Waals surface area (Å²) in [5.74, 6) is 0.259. The molecular formula is C16H24N2O5S. The average molecular weight is 356 g/mol. The van der Waals surface area contributed by atoms with Gasteiger partial charge >= 0.3 is 0 Å². The monoisotopic (exact) mass is 356 g/mol. The van der Waals surface area contributed by atoms with Crippen molar-refractivity contribution in [2.75, 3.05) is 30.8 Å². The zero-order valence-corrected chi connectivity index (χ0v) is 15.0. The van der Waals surface area contributed by atoms with Crippen LogP contribution < -0.4 is 14.4 Å². The van der Waals surface area contributed by atoms with Crippen LogP contribution in [0.3, 0.4) is 0 Å². The fourth-order valence-corrected chi connectivity index (χ4v) is 3.88. The lowest BCUT2D eigenvalue weighted by atomic mass is 10.2. The van der Waals surface area contributed by atoms with E-state index < -0.39 is 16.1 Å². The van der Waals surface area contributed by atoms with Crippen LogP contribution in [0, 0.1) is 0 Å². The third kappa shape index (κ3) is 4.61. The number of carbonyl (C=O) groups is 1. The lowest BCUT2D eigenvalue weighted by Crippen LogP contribution is -2.49. The number of rotatable bonds is 7. The van der Waals surface area contributed by atoms with Crippen LogP contribution in [0.5, 0.6) is 5.75 Å². The van der Waals surface area contributed by atoms with E-state index in [1.54, 1.807) is 31.2 Å². The maximum atomic E-state index is 12.4. The van der Waals surface area contributed by atoms with Crippen molar-refractivity contribution in [2.45, 2.75) is 31.9 Å². The molecule has 24 heavy (non-hydrogen) atoms. The van der Waals surface area contributed by atoms with Crippen LogP contribution in [-0.4, -0.2) is 53.0 Å². The van der Waals surface area contributed by atoms with Gasteiger partial charge in [0.1, 0.15) is 11.8 Å². The lowest BCUT2D eigenvalue weighted by molar-refractivity contribution is -0.122. The Morgan fingerprint density at radius 2 is 2.08 bits per heavy atom. The summed E-state index contributed by atoms with van der Waals surface area (Å²) < 4.78 is 36.0. The van der Waals surface area contributed by atoms with Crippen LogP contribution in [0.2, 0.25) is 0 Å². The van der Waals surface area contributed by atoms with Gasteiger partial charge in [-0.3, -0.25) is 9.10 Å². The van der Waals surface area contributed by atoms with Crippen LogP contribution in [0.1, 0.15) is 19.8 Å². The van der Waals surface area contributed by atoms with Gasteiger partial charge in [-0.25, -0.2) is 8.42 Å². The first-order chi connectivity index (χ1) is 11.3. The topological polar surface area (TPSA) is 84.9 Å². The molecule has 8 heteroatoms. The highest BCUT2D eigenvalue weighted by atomic mass is 32.2. The Morgan fingerprint density at radius 1 is 1.42 bits per heavy atom. The molecule has 7 nitrogen and oxygen atoms in total. The summed E-state index contributed by atoms with van der Waals surface area (Å²) in [5, 5.41) is 2.77. The zero-order valence-electron chi connectivity index (χ0n) is 14.2. The standard InChI is InChI=1S/C16H24N2O5S/c1-12(16(19)17-11-15-5-4-10-23-15)18(24(3,20)21)13-6-8-14(22-2)9-7-13/h6-9,12,15H,4-5,10-11H2,1-3H3,(H,17,19)/t12-,15-/m0/s1. The number of methoxy groups -OCH3 is 1. The SMILES string of the molecule is COc1ccc(N([C@@H](C)C(=O)NC[C@@H]2CCCO2)S(C)(=O)=O)cc1. The molecule has 0 bridgehead atoms. The van der Waals surface area contributed by atoms with Crippen molar-refractivity contribution in [2.24, 2.45) is 0 Å². The molecule has 0 unspecified atom stereocenters. The molecule has 1 aromatic carbocycles. The van der Waals surface area contributed by atoms with Crippen molar-refractivity contribution in [3.05, 3.63) is 24.3 Å². The Morgan fingerprint density at radius 3 is 2.58 bits per heavy atom. The normalized spacial score (nSPS) is 18.9. The van der Waals surface area contributed by atoms with Crippen molar-refractivity contribution < 1.29 is 22.7 Å². The minimum atomic E-state index is -3.62. The number of anilines is 1. The maximum Gasteiger partial charge on any atom is 0.243 e. The molecule has 0 saturated carbocycles. The van der Waals surface area contributed by atoms with E-state index in [0.29, 0.717) is 24.6 Å². The number of benzene rings is 1. The summed E-state index contributed by atoms with van der Waals surface area (Å²) in [7, 11) is -2.09. The number of ether oxygens (including phenoxy) is 2. The van der Waals surface area contributed by atoms with E-state index in [0.717, 1.165) is 23.4 Å². The first kappa shape index (κ1) is 18.5. The second-order valence-corrected chi connectivity index (χ2v) is 7.67. The summed E-state index contributed by atoms with van der Waals surface area (Å²) in [6.07, 6.45) is 2.98. The van der Waals surface area contributed by atoms with Gasteiger partial charge in [-0.05, 0) is 44.0 Å². The van der Waals surface area contributed by atoms with Gasteiger partial charge in [-0.1, -0.05) is 0 Å². The number of amides is 1. The summed E-state index contributed by atoms with van der Waals surface area (Å²) >= 11 is 0. The number of nitrogens with one attached hydrogen (secondary N) is 1. The van der Waals surface area contributed by atoms with Crippen LogP contribution >= 0.6 is 0 Å². The lowest BCUT2D eigenvalue weighted by Gasteiger charge is -2.28. The van der Waals surface area contributed by atoms with Gasteiger partial charge in [0.05, 0.1) is 25.2 Å². The van der Waals surface area contributed by atoms with E-state index in [2.05, 4.69) is 5.32 Å². The molecule has 1 fully saturated rings. The molecule has 1 aromatic rings. The second-order valence-electron chi connectivity index (χ2n) is 5.81. The van der Waals surface area contributed by atoms with Crippen molar-refractivity contribution in [1.82, 2.24) is 5.32 Å². The van der Waals surface area contributed by atoms with Crippen LogP contribution in [0.15, 0.2) is 24.3 Å². The van der Waals surface area contributed by atoms with Crippen LogP contribution in [-0.2, 0) is 19.6 Å². The van der Waals surface area contributed by atoms with Crippen LogP contribution in [0.25, 0.3) is 0 Å².